The van der Waals surface area contributed by atoms with Gasteiger partial charge in [0.05, 0.1) is 11.4 Å². The maximum atomic E-state index is 12.5. The van der Waals surface area contributed by atoms with Crippen LogP contribution in [-0.4, -0.2) is 28.1 Å². The molecule has 0 aliphatic carbocycles. The summed E-state index contributed by atoms with van der Waals surface area (Å²) < 4.78 is 1.88. The van der Waals surface area contributed by atoms with Gasteiger partial charge in [0.2, 0.25) is 11.8 Å². The molecule has 30 heavy (non-hydrogen) atoms. The fourth-order valence-electron chi connectivity index (χ4n) is 3.87. The van der Waals surface area contributed by atoms with E-state index in [0.717, 1.165) is 46.0 Å². The van der Waals surface area contributed by atoms with E-state index in [0.29, 0.717) is 6.54 Å². The molecule has 1 aliphatic rings. The van der Waals surface area contributed by atoms with Gasteiger partial charge in [0.15, 0.2) is 0 Å². The maximum absolute atomic E-state index is 12.5. The number of rotatable bonds is 4. The van der Waals surface area contributed by atoms with E-state index in [1.807, 2.05) is 67.1 Å². The molecule has 6 heteroatoms. The van der Waals surface area contributed by atoms with Crippen LogP contribution >= 0.6 is 0 Å². The minimum absolute atomic E-state index is 0.0373. The number of amides is 2. The minimum Gasteiger partial charge on any atom is -0.323 e. The Morgan fingerprint density at radius 1 is 1.10 bits per heavy atom. The first kappa shape index (κ1) is 19.6. The number of nitrogens with one attached hydrogen (secondary N) is 1. The second-order valence-corrected chi connectivity index (χ2v) is 7.42. The van der Waals surface area contributed by atoms with Crippen LogP contribution in [-0.2, 0) is 16.0 Å². The Morgan fingerprint density at radius 2 is 1.87 bits per heavy atom. The van der Waals surface area contributed by atoms with Crippen molar-refractivity contribution in [3.8, 4) is 5.69 Å². The van der Waals surface area contributed by atoms with E-state index in [1.165, 1.54) is 6.08 Å². The van der Waals surface area contributed by atoms with Crippen LogP contribution in [0.5, 0.6) is 0 Å². The summed E-state index contributed by atoms with van der Waals surface area (Å²) in [5, 5.41) is 7.51. The molecule has 2 aromatic carbocycles. The molecule has 152 valence electrons. The number of para-hydroxylation sites is 1. The molecule has 2 amide bonds. The summed E-state index contributed by atoms with van der Waals surface area (Å²) in [7, 11) is 0. The van der Waals surface area contributed by atoms with Crippen LogP contribution in [0, 0.1) is 13.8 Å². The van der Waals surface area contributed by atoms with Crippen LogP contribution in [0.3, 0.4) is 0 Å². The first-order valence-electron chi connectivity index (χ1n) is 9.96. The Labute approximate surface area is 175 Å². The number of carbonyl (C=O) groups is 2. The van der Waals surface area contributed by atoms with E-state index < -0.39 is 0 Å². The van der Waals surface area contributed by atoms with Crippen LogP contribution in [0.2, 0.25) is 0 Å². The molecule has 1 N–H and O–H groups in total. The number of benzene rings is 2. The van der Waals surface area contributed by atoms with Crippen molar-refractivity contribution in [3.63, 3.8) is 0 Å². The number of fused-ring (bicyclic) bond motifs is 1. The third-order valence-electron chi connectivity index (χ3n) is 5.37. The van der Waals surface area contributed by atoms with Gasteiger partial charge in [-0.1, -0.05) is 18.2 Å². The highest BCUT2D eigenvalue weighted by Crippen LogP contribution is 2.30. The molecular formula is C24H24N4O2. The lowest BCUT2D eigenvalue weighted by Gasteiger charge is -2.14. The monoisotopic (exact) mass is 400 g/mol. The molecule has 0 spiro atoms. The first-order valence-corrected chi connectivity index (χ1v) is 9.96. The molecule has 4 rings (SSSR count). The van der Waals surface area contributed by atoms with Crippen LogP contribution in [0.25, 0.3) is 11.8 Å². The van der Waals surface area contributed by atoms with Gasteiger partial charge in [-0.2, -0.15) is 5.10 Å². The Bertz CT molecular complexity index is 1150. The molecule has 0 saturated carbocycles. The van der Waals surface area contributed by atoms with Crippen molar-refractivity contribution in [1.29, 1.82) is 0 Å². The van der Waals surface area contributed by atoms with E-state index in [-0.39, 0.29) is 11.8 Å². The van der Waals surface area contributed by atoms with E-state index in [4.69, 9.17) is 0 Å². The van der Waals surface area contributed by atoms with E-state index in [1.54, 1.807) is 17.9 Å². The van der Waals surface area contributed by atoms with Crippen LogP contribution in [0.4, 0.5) is 11.4 Å². The van der Waals surface area contributed by atoms with Crippen molar-refractivity contribution in [2.75, 3.05) is 16.8 Å². The van der Waals surface area contributed by atoms with Gasteiger partial charge < -0.3 is 10.2 Å². The zero-order chi connectivity index (χ0) is 21.3. The number of carbonyl (C=O) groups excluding carboxylic acids is 2. The highest BCUT2D eigenvalue weighted by molar-refractivity contribution is 6.02. The van der Waals surface area contributed by atoms with Gasteiger partial charge in [-0.25, -0.2) is 4.68 Å². The average Bonchev–Trinajstić information content (AvgIpc) is 3.27. The highest BCUT2D eigenvalue weighted by Gasteiger charge is 2.22. The van der Waals surface area contributed by atoms with Gasteiger partial charge in [0.25, 0.3) is 0 Å². The number of hydrogen-bond acceptors (Lipinski definition) is 3. The standard InChI is InChI=1S/C24H24N4O2/c1-16-22(17(2)28(26-16)21-7-5-4-6-8-21)10-12-24(30)25-20-9-11-23-19(15-20)13-14-27(23)18(3)29/h4-12,15H,13-14H2,1-3H3,(H,25,30)/b12-10+. The quantitative estimate of drug-likeness (QED) is 0.672. The van der Waals surface area contributed by atoms with Crippen LogP contribution in [0.15, 0.2) is 54.6 Å². The molecule has 2 heterocycles. The summed E-state index contributed by atoms with van der Waals surface area (Å²) in [6, 6.07) is 15.6. The van der Waals surface area contributed by atoms with Gasteiger partial charge in [0, 0.05) is 42.2 Å². The molecular weight excluding hydrogens is 376 g/mol. The fourth-order valence-corrected chi connectivity index (χ4v) is 3.87. The highest BCUT2D eigenvalue weighted by atomic mass is 16.2. The predicted molar refractivity (Wildman–Crippen MR) is 119 cm³/mol. The molecule has 1 aromatic heterocycles. The van der Waals surface area contributed by atoms with Crippen molar-refractivity contribution in [2.24, 2.45) is 0 Å². The lowest BCUT2D eigenvalue weighted by molar-refractivity contribution is -0.116. The third kappa shape index (κ3) is 3.76. The second kappa shape index (κ2) is 7.99. The van der Waals surface area contributed by atoms with Crippen molar-refractivity contribution in [1.82, 2.24) is 9.78 Å². The number of nitrogens with zero attached hydrogens (tertiary/aromatic N) is 3. The summed E-state index contributed by atoms with van der Waals surface area (Å²) in [6.45, 7) is 6.18. The molecule has 0 unspecified atom stereocenters. The summed E-state index contributed by atoms with van der Waals surface area (Å²) >= 11 is 0. The van der Waals surface area contributed by atoms with Gasteiger partial charge in [-0.15, -0.1) is 0 Å². The summed E-state index contributed by atoms with van der Waals surface area (Å²) in [5.74, 6) is -0.169. The molecule has 0 radical (unpaired) electrons. The second-order valence-electron chi connectivity index (χ2n) is 7.42. The summed E-state index contributed by atoms with van der Waals surface area (Å²) in [6.07, 6.45) is 4.13. The zero-order valence-electron chi connectivity index (χ0n) is 17.3. The first-order chi connectivity index (χ1) is 14.4. The zero-order valence-corrected chi connectivity index (χ0v) is 17.3. The number of aryl methyl sites for hydroxylation is 1. The van der Waals surface area contributed by atoms with Crippen molar-refractivity contribution in [3.05, 3.63) is 77.1 Å². The Balaban J connectivity index is 1.49. The molecule has 0 atom stereocenters. The summed E-state index contributed by atoms with van der Waals surface area (Å²) in [4.78, 5) is 25.9. The van der Waals surface area contributed by atoms with Gasteiger partial charge in [-0.3, -0.25) is 9.59 Å². The number of anilines is 2. The summed E-state index contributed by atoms with van der Waals surface area (Å²) in [5.41, 5.74) is 6.48. The third-order valence-corrected chi connectivity index (χ3v) is 5.37. The maximum Gasteiger partial charge on any atom is 0.248 e. The van der Waals surface area contributed by atoms with Gasteiger partial charge in [-0.05, 0) is 62.2 Å². The Kier molecular flexibility index (Phi) is 5.23. The predicted octanol–water partition coefficient (Wildman–Crippen LogP) is 4.05. The van der Waals surface area contributed by atoms with Crippen molar-refractivity contribution in [2.45, 2.75) is 27.2 Å². The largest absolute Gasteiger partial charge is 0.323 e. The fraction of sp³-hybridized carbons (Fsp3) is 0.208. The van der Waals surface area contributed by atoms with Crippen molar-refractivity contribution >= 4 is 29.3 Å². The molecule has 6 nitrogen and oxygen atoms in total. The van der Waals surface area contributed by atoms with E-state index in [9.17, 15) is 9.59 Å². The topological polar surface area (TPSA) is 67.2 Å². The van der Waals surface area contributed by atoms with Crippen LogP contribution in [0.1, 0.15) is 29.4 Å². The van der Waals surface area contributed by atoms with Gasteiger partial charge in [0.1, 0.15) is 0 Å². The lowest BCUT2D eigenvalue weighted by Crippen LogP contribution is -2.25. The smallest absolute Gasteiger partial charge is 0.248 e. The average molecular weight is 400 g/mol. The minimum atomic E-state index is -0.206. The number of hydrogen-bond donors (Lipinski definition) is 1. The molecule has 0 bridgehead atoms. The van der Waals surface area contributed by atoms with E-state index >= 15 is 0 Å². The number of aromatic nitrogens is 2. The molecule has 1 aliphatic heterocycles. The Morgan fingerprint density at radius 3 is 2.60 bits per heavy atom. The molecule has 0 fully saturated rings. The lowest BCUT2D eigenvalue weighted by atomic mass is 10.1. The van der Waals surface area contributed by atoms with Gasteiger partial charge >= 0.3 is 0 Å². The SMILES string of the molecule is CC(=O)N1CCc2cc(NC(=O)/C=C/c3c(C)nn(-c4ccccc4)c3C)ccc21. The van der Waals surface area contributed by atoms with Crippen LogP contribution < -0.4 is 10.2 Å². The van der Waals surface area contributed by atoms with E-state index in [2.05, 4.69) is 10.4 Å². The Hall–Kier alpha value is -3.67. The van der Waals surface area contributed by atoms with Crippen molar-refractivity contribution < 1.29 is 9.59 Å². The normalized spacial score (nSPS) is 13.0. The molecule has 0 saturated heterocycles. The molecule has 3 aromatic rings.